The largest absolute Gasteiger partial charge is 0.395 e. The Bertz CT molecular complexity index is 665. The molecule has 2 aromatic heterocycles. The van der Waals surface area contributed by atoms with Crippen LogP contribution < -0.4 is 4.84 Å². The predicted molar refractivity (Wildman–Crippen MR) is 77.8 cm³/mol. The van der Waals surface area contributed by atoms with E-state index in [0.29, 0.717) is 6.61 Å². The van der Waals surface area contributed by atoms with Crippen molar-refractivity contribution in [3.05, 3.63) is 42.5 Å². The third-order valence-electron chi connectivity index (χ3n) is 2.82. The molecule has 0 spiro atoms. The van der Waals surface area contributed by atoms with Crippen LogP contribution in [0.2, 0.25) is 0 Å². The highest BCUT2D eigenvalue weighted by atomic mass is 35.5. The molecule has 0 aliphatic rings. The lowest BCUT2D eigenvalue weighted by atomic mass is 10.2. The van der Waals surface area contributed by atoms with E-state index in [4.69, 9.17) is 4.84 Å². The summed E-state index contributed by atoms with van der Waals surface area (Å²) in [6.07, 6.45) is 6.45. The number of hydrogen-bond donors (Lipinski definition) is 0. The Morgan fingerprint density at radius 1 is 1.30 bits per heavy atom. The third kappa shape index (κ3) is 2.91. The van der Waals surface area contributed by atoms with Gasteiger partial charge < -0.3 is 9.40 Å². The van der Waals surface area contributed by atoms with E-state index in [0.717, 1.165) is 29.6 Å². The van der Waals surface area contributed by atoms with Crippen LogP contribution in [0, 0.1) is 0 Å². The van der Waals surface area contributed by atoms with E-state index >= 15 is 0 Å². The van der Waals surface area contributed by atoms with Crippen molar-refractivity contribution in [2.75, 3.05) is 6.61 Å². The Balaban J connectivity index is 0.00000147. The molecule has 0 saturated heterocycles. The van der Waals surface area contributed by atoms with Crippen molar-refractivity contribution >= 4 is 23.4 Å². The molecule has 0 aliphatic heterocycles. The first-order valence-electron chi connectivity index (χ1n) is 6.30. The summed E-state index contributed by atoms with van der Waals surface area (Å²) in [6.45, 7) is 3.46. The number of hydrogen-bond acceptors (Lipinski definition) is 4. The number of aromatic nitrogens is 5. The molecule has 106 valence electrons. The molecule has 0 fully saturated rings. The highest BCUT2D eigenvalue weighted by Crippen LogP contribution is 2.13. The van der Waals surface area contributed by atoms with Crippen LogP contribution in [0.4, 0.5) is 0 Å². The Morgan fingerprint density at radius 3 is 2.95 bits per heavy atom. The lowest BCUT2D eigenvalue weighted by Gasteiger charge is -2.05. The molecule has 0 bridgehead atoms. The SMILES string of the molecule is CCCOn1nnc2ccc(Cn3ccnc3)cc21.Cl. The summed E-state index contributed by atoms with van der Waals surface area (Å²) in [4.78, 5) is 11.1. The Hall–Kier alpha value is -2.08. The number of imidazole rings is 1. The van der Waals surface area contributed by atoms with Crippen LogP contribution in [-0.4, -0.2) is 31.3 Å². The van der Waals surface area contributed by atoms with Gasteiger partial charge in [-0.2, -0.15) is 0 Å². The molecule has 0 radical (unpaired) electrons. The first kappa shape index (κ1) is 14.3. The van der Waals surface area contributed by atoms with E-state index in [1.165, 1.54) is 4.85 Å². The van der Waals surface area contributed by atoms with E-state index in [9.17, 15) is 0 Å². The molecule has 0 amide bonds. The molecule has 0 aliphatic carbocycles. The third-order valence-corrected chi connectivity index (χ3v) is 2.82. The van der Waals surface area contributed by atoms with Gasteiger partial charge in [0.05, 0.1) is 6.33 Å². The van der Waals surface area contributed by atoms with Crippen LogP contribution >= 0.6 is 12.4 Å². The van der Waals surface area contributed by atoms with Crippen LogP contribution in [0.15, 0.2) is 36.9 Å². The van der Waals surface area contributed by atoms with E-state index in [1.807, 2.05) is 29.0 Å². The maximum Gasteiger partial charge on any atom is 0.131 e. The smallest absolute Gasteiger partial charge is 0.131 e. The molecule has 2 heterocycles. The fourth-order valence-electron chi connectivity index (χ4n) is 1.91. The molecule has 0 saturated carbocycles. The maximum atomic E-state index is 5.52. The van der Waals surface area contributed by atoms with Crippen molar-refractivity contribution in [3.8, 4) is 0 Å². The van der Waals surface area contributed by atoms with Gasteiger partial charge in [0.15, 0.2) is 0 Å². The average Bonchev–Trinajstić information content (AvgIpc) is 3.06. The van der Waals surface area contributed by atoms with Crippen LogP contribution in [0.1, 0.15) is 18.9 Å². The van der Waals surface area contributed by atoms with Gasteiger partial charge in [0, 0.05) is 18.9 Å². The van der Waals surface area contributed by atoms with Gasteiger partial charge >= 0.3 is 0 Å². The van der Waals surface area contributed by atoms with E-state index in [1.54, 1.807) is 12.5 Å². The summed E-state index contributed by atoms with van der Waals surface area (Å²) in [5, 5.41) is 8.07. The minimum atomic E-state index is 0. The van der Waals surface area contributed by atoms with Crippen molar-refractivity contribution in [2.24, 2.45) is 0 Å². The zero-order valence-electron chi connectivity index (χ0n) is 11.1. The average molecular weight is 294 g/mol. The molecular weight excluding hydrogens is 278 g/mol. The maximum absolute atomic E-state index is 5.52. The van der Waals surface area contributed by atoms with Crippen molar-refractivity contribution in [3.63, 3.8) is 0 Å². The lowest BCUT2D eigenvalue weighted by Crippen LogP contribution is -2.13. The summed E-state index contributed by atoms with van der Waals surface area (Å²) < 4.78 is 2.02. The second kappa shape index (κ2) is 6.38. The highest BCUT2D eigenvalue weighted by Gasteiger charge is 2.06. The van der Waals surface area contributed by atoms with Crippen molar-refractivity contribution in [1.82, 2.24) is 24.7 Å². The van der Waals surface area contributed by atoms with E-state index in [-0.39, 0.29) is 12.4 Å². The van der Waals surface area contributed by atoms with Gasteiger partial charge in [-0.3, -0.25) is 0 Å². The van der Waals surface area contributed by atoms with Crippen LogP contribution in [0.25, 0.3) is 11.0 Å². The van der Waals surface area contributed by atoms with E-state index < -0.39 is 0 Å². The molecule has 20 heavy (non-hydrogen) atoms. The topological polar surface area (TPSA) is 57.8 Å². The monoisotopic (exact) mass is 293 g/mol. The number of halogens is 1. The molecule has 3 aromatic rings. The summed E-state index contributed by atoms with van der Waals surface area (Å²) >= 11 is 0. The molecule has 0 unspecified atom stereocenters. The number of nitrogens with zero attached hydrogens (tertiary/aromatic N) is 5. The molecule has 3 rings (SSSR count). The van der Waals surface area contributed by atoms with Gasteiger partial charge in [0.25, 0.3) is 0 Å². The molecule has 0 N–H and O–H groups in total. The first-order valence-corrected chi connectivity index (χ1v) is 6.30. The van der Waals surface area contributed by atoms with E-state index in [2.05, 4.69) is 22.2 Å². The Labute approximate surface area is 122 Å². The van der Waals surface area contributed by atoms with Crippen LogP contribution in [0.3, 0.4) is 0 Å². The van der Waals surface area contributed by atoms with Crippen LogP contribution in [0.5, 0.6) is 0 Å². The normalized spacial score (nSPS) is 10.4. The quantitative estimate of drug-likeness (QED) is 0.721. The van der Waals surface area contributed by atoms with Gasteiger partial charge in [0.2, 0.25) is 0 Å². The zero-order valence-corrected chi connectivity index (χ0v) is 12.0. The molecule has 7 heteroatoms. The molecule has 6 nitrogen and oxygen atoms in total. The summed E-state index contributed by atoms with van der Waals surface area (Å²) in [5.74, 6) is 0. The summed E-state index contributed by atoms with van der Waals surface area (Å²) in [6, 6.07) is 6.05. The van der Waals surface area contributed by atoms with Crippen molar-refractivity contribution in [1.29, 1.82) is 0 Å². The lowest BCUT2D eigenvalue weighted by molar-refractivity contribution is 0.0879. The number of rotatable bonds is 5. The Kier molecular flexibility index (Phi) is 4.57. The minimum absolute atomic E-state index is 0. The Morgan fingerprint density at radius 2 is 2.20 bits per heavy atom. The van der Waals surface area contributed by atoms with Gasteiger partial charge in [0.1, 0.15) is 17.6 Å². The fourth-order valence-corrected chi connectivity index (χ4v) is 1.91. The number of benzene rings is 1. The van der Waals surface area contributed by atoms with Gasteiger partial charge in [-0.1, -0.05) is 17.8 Å². The standard InChI is InChI=1S/C13H15N5O.ClH/c1-2-7-19-18-13-8-11(3-4-12(13)15-16-18)9-17-6-5-14-10-17;/h3-6,8,10H,2,7,9H2,1H3;1H. The second-order valence-electron chi connectivity index (χ2n) is 4.35. The minimum Gasteiger partial charge on any atom is -0.395 e. The molecule has 0 atom stereocenters. The number of fused-ring (bicyclic) bond motifs is 1. The van der Waals surface area contributed by atoms with Gasteiger partial charge in [-0.05, 0) is 29.3 Å². The first-order chi connectivity index (χ1) is 9.36. The summed E-state index contributed by atoms with van der Waals surface area (Å²) in [7, 11) is 0. The van der Waals surface area contributed by atoms with Gasteiger partial charge in [-0.25, -0.2) is 4.98 Å². The molecule has 1 aromatic carbocycles. The predicted octanol–water partition coefficient (Wildman–Crippen LogP) is 1.94. The highest BCUT2D eigenvalue weighted by molar-refractivity contribution is 5.85. The summed E-state index contributed by atoms with van der Waals surface area (Å²) in [5.41, 5.74) is 2.89. The second-order valence-corrected chi connectivity index (χ2v) is 4.35. The van der Waals surface area contributed by atoms with Crippen molar-refractivity contribution < 1.29 is 4.84 Å². The van der Waals surface area contributed by atoms with Crippen molar-refractivity contribution in [2.45, 2.75) is 19.9 Å². The fraction of sp³-hybridized carbons (Fsp3) is 0.308. The zero-order chi connectivity index (χ0) is 13.1. The van der Waals surface area contributed by atoms with Crippen LogP contribution in [-0.2, 0) is 6.54 Å². The van der Waals surface area contributed by atoms with Gasteiger partial charge in [-0.15, -0.1) is 17.5 Å². The molecular formula is C13H16ClN5O.